The molecule has 1 saturated heterocycles. The Morgan fingerprint density at radius 2 is 1.86 bits per heavy atom. The first-order valence-corrected chi connectivity index (χ1v) is 10.1. The van der Waals surface area contributed by atoms with E-state index in [4.69, 9.17) is 18.8 Å². The molecule has 5 nitrogen and oxygen atoms in total. The molecule has 2 atom stereocenters. The van der Waals surface area contributed by atoms with E-state index in [1.807, 2.05) is 39.8 Å². The fourth-order valence-corrected chi connectivity index (χ4v) is 4.32. The van der Waals surface area contributed by atoms with Crippen LogP contribution in [-0.2, 0) is 24.4 Å². The van der Waals surface area contributed by atoms with Crippen molar-refractivity contribution in [3.63, 3.8) is 0 Å². The molecule has 1 aromatic rings. The van der Waals surface area contributed by atoms with E-state index in [0.29, 0.717) is 5.56 Å². The Kier molecular flexibility index (Phi) is 4.53. The van der Waals surface area contributed by atoms with E-state index >= 15 is 0 Å². The van der Waals surface area contributed by atoms with E-state index < -0.39 is 23.9 Å². The maximum absolute atomic E-state index is 12.4. The number of hydrogen-bond acceptors (Lipinski definition) is 5. The molecule has 6 heteroatoms. The molecule has 2 bridgehead atoms. The lowest BCUT2D eigenvalue weighted by Crippen LogP contribution is -2.41. The van der Waals surface area contributed by atoms with Crippen LogP contribution in [0.3, 0.4) is 0 Å². The summed E-state index contributed by atoms with van der Waals surface area (Å²) in [5.41, 5.74) is 2.10. The zero-order valence-corrected chi connectivity index (χ0v) is 17.6. The smallest absolute Gasteiger partial charge is 0.465 e. The minimum absolute atomic E-state index is 0.132. The van der Waals surface area contributed by atoms with Crippen LogP contribution in [0.2, 0.25) is 0 Å². The molecule has 150 valence electrons. The summed E-state index contributed by atoms with van der Waals surface area (Å²) in [6.45, 7) is 10.3. The molecular weight excluding hydrogens is 355 g/mol. The molecule has 2 unspecified atom stereocenters. The van der Waals surface area contributed by atoms with Gasteiger partial charge in [0.2, 0.25) is 0 Å². The average molecular weight is 384 g/mol. The quantitative estimate of drug-likeness (QED) is 0.439. The first-order chi connectivity index (χ1) is 13.1. The van der Waals surface area contributed by atoms with Crippen molar-refractivity contribution in [3.05, 3.63) is 41.0 Å². The number of carbonyl (C=O) groups excluding carboxylic acids is 1. The topological polar surface area (TPSA) is 54.0 Å². The standard InChI is InChI=1S/C22H29BO5/c1-7-8-10-22-11-9-17(26-22)18-15(22)12-14(19(24)25-6)13-16(18)23-27-20(2,3)21(4,5)28-23/h9,11-13,17H,7-8,10H2,1-6H3. The summed E-state index contributed by atoms with van der Waals surface area (Å²) in [6.07, 6.45) is 7.14. The monoisotopic (exact) mass is 384 g/mol. The van der Waals surface area contributed by atoms with Crippen molar-refractivity contribution >= 4 is 18.6 Å². The molecule has 0 radical (unpaired) electrons. The van der Waals surface area contributed by atoms with Gasteiger partial charge in [0.15, 0.2) is 0 Å². The fraction of sp³-hybridized carbons (Fsp3) is 0.591. The zero-order chi connectivity index (χ0) is 20.3. The predicted molar refractivity (Wildman–Crippen MR) is 108 cm³/mol. The van der Waals surface area contributed by atoms with Crippen molar-refractivity contribution < 1.29 is 23.6 Å². The summed E-state index contributed by atoms with van der Waals surface area (Å²) < 4.78 is 24.1. The number of esters is 1. The maximum Gasteiger partial charge on any atom is 0.495 e. The van der Waals surface area contributed by atoms with E-state index in [2.05, 4.69) is 19.1 Å². The summed E-state index contributed by atoms with van der Waals surface area (Å²) >= 11 is 0. The molecule has 0 saturated carbocycles. The van der Waals surface area contributed by atoms with Gasteiger partial charge in [0.25, 0.3) is 0 Å². The van der Waals surface area contributed by atoms with Gasteiger partial charge in [-0.25, -0.2) is 4.79 Å². The number of benzene rings is 1. The number of rotatable bonds is 5. The van der Waals surface area contributed by atoms with Gasteiger partial charge in [-0.1, -0.05) is 25.8 Å². The SMILES string of the molecule is CCCCC12C=CC(O1)c1c(B3OC(C)(C)C(C)(C)O3)cc(C(=O)OC)cc12. The fourth-order valence-electron chi connectivity index (χ4n) is 4.32. The van der Waals surface area contributed by atoms with Crippen LogP contribution < -0.4 is 5.46 Å². The third-order valence-corrected chi connectivity index (χ3v) is 6.66. The van der Waals surface area contributed by atoms with Crippen LogP contribution in [-0.4, -0.2) is 31.4 Å². The zero-order valence-electron chi connectivity index (χ0n) is 17.6. The number of unbranched alkanes of at least 4 members (excludes halogenated alkanes) is 1. The minimum Gasteiger partial charge on any atom is -0.465 e. The van der Waals surface area contributed by atoms with Crippen molar-refractivity contribution in [1.82, 2.24) is 0 Å². The third-order valence-electron chi connectivity index (χ3n) is 6.66. The van der Waals surface area contributed by atoms with Crippen LogP contribution >= 0.6 is 0 Å². The van der Waals surface area contributed by atoms with Gasteiger partial charge in [-0.15, -0.1) is 0 Å². The highest BCUT2D eigenvalue weighted by molar-refractivity contribution is 6.63. The van der Waals surface area contributed by atoms with Crippen molar-refractivity contribution in [2.75, 3.05) is 7.11 Å². The summed E-state index contributed by atoms with van der Waals surface area (Å²) in [6, 6.07) is 3.77. The highest BCUT2D eigenvalue weighted by Gasteiger charge is 2.55. The molecular formula is C22H29BO5. The highest BCUT2D eigenvalue weighted by Crippen LogP contribution is 2.53. The summed E-state index contributed by atoms with van der Waals surface area (Å²) in [5, 5.41) is 0. The van der Waals surface area contributed by atoms with Gasteiger partial charge in [-0.2, -0.15) is 0 Å². The molecule has 0 aliphatic carbocycles. The van der Waals surface area contributed by atoms with Gasteiger partial charge in [-0.3, -0.25) is 0 Å². The van der Waals surface area contributed by atoms with Crippen molar-refractivity contribution in [3.8, 4) is 0 Å². The normalized spacial score (nSPS) is 28.6. The largest absolute Gasteiger partial charge is 0.495 e. The Morgan fingerprint density at radius 1 is 1.18 bits per heavy atom. The summed E-state index contributed by atoms with van der Waals surface area (Å²) in [4.78, 5) is 12.4. The lowest BCUT2D eigenvalue weighted by molar-refractivity contribution is -0.00988. The molecule has 1 fully saturated rings. The lowest BCUT2D eigenvalue weighted by atomic mass is 9.69. The lowest BCUT2D eigenvalue weighted by Gasteiger charge is -2.32. The van der Waals surface area contributed by atoms with Gasteiger partial charge in [0.05, 0.1) is 23.9 Å². The third kappa shape index (κ3) is 2.77. The minimum atomic E-state index is -0.553. The molecule has 4 rings (SSSR count). The first kappa shape index (κ1) is 19.7. The molecule has 0 aromatic heterocycles. The molecule has 3 aliphatic rings. The molecule has 0 amide bonds. The van der Waals surface area contributed by atoms with E-state index in [9.17, 15) is 4.79 Å². The number of hydrogen-bond donors (Lipinski definition) is 0. The Hall–Kier alpha value is -1.63. The first-order valence-electron chi connectivity index (χ1n) is 10.1. The van der Waals surface area contributed by atoms with Gasteiger partial charge < -0.3 is 18.8 Å². The van der Waals surface area contributed by atoms with Gasteiger partial charge in [0.1, 0.15) is 11.7 Å². The van der Waals surface area contributed by atoms with E-state index in [1.165, 1.54) is 7.11 Å². The van der Waals surface area contributed by atoms with Crippen molar-refractivity contribution in [1.29, 1.82) is 0 Å². The van der Waals surface area contributed by atoms with E-state index in [0.717, 1.165) is 35.9 Å². The Bertz CT molecular complexity index is 828. The number of ether oxygens (including phenoxy) is 2. The van der Waals surface area contributed by atoms with Crippen LogP contribution in [0, 0.1) is 0 Å². The molecule has 3 heterocycles. The number of fused-ring (bicyclic) bond motifs is 5. The average Bonchev–Trinajstić information content (AvgIpc) is 3.27. The maximum atomic E-state index is 12.4. The molecule has 28 heavy (non-hydrogen) atoms. The van der Waals surface area contributed by atoms with E-state index in [-0.39, 0.29) is 12.1 Å². The van der Waals surface area contributed by atoms with Gasteiger partial charge in [0, 0.05) is 0 Å². The number of methoxy groups -OCH3 is 1. The van der Waals surface area contributed by atoms with Gasteiger partial charge in [-0.05, 0) is 68.9 Å². The Labute approximate surface area is 167 Å². The van der Waals surface area contributed by atoms with Crippen LogP contribution in [0.1, 0.15) is 81.5 Å². The van der Waals surface area contributed by atoms with Crippen LogP contribution in [0.25, 0.3) is 0 Å². The second kappa shape index (κ2) is 6.44. The molecule has 3 aliphatic heterocycles. The second-order valence-electron chi connectivity index (χ2n) is 9.00. The van der Waals surface area contributed by atoms with Crippen LogP contribution in [0.5, 0.6) is 0 Å². The Balaban J connectivity index is 1.84. The molecule has 0 spiro atoms. The highest BCUT2D eigenvalue weighted by atomic mass is 16.7. The number of carbonyl (C=O) groups is 1. The molecule has 0 N–H and O–H groups in total. The van der Waals surface area contributed by atoms with Gasteiger partial charge >= 0.3 is 13.1 Å². The van der Waals surface area contributed by atoms with Crippen LogP contribution in [0.4, 0.5) is 0 Å². The predicted octanol–water partition coefficient (Wildman–Crippen LogP) is 3.80. The van der Waals surface area contributed by atoms with Crippen LogP contribution in [0.15, 0.2) is 24.3 Å². The van der Waals surface area contributed by atoms with Crippen molar-refractivity contribution in [2.45, 2.75) is 76.8 Å². The van der Waals surface area contributed by atoms with Crippen molar-refractivity contribution in [2.24, 2.45) is 0 Å². The molecule has 1 aromatic carbocycles. The second-order valence-corrected chi connectivity index (χ2v) is 9.00. The summed E-state index contributed by atoms with van der Waals surface area (Å²) in [5.74, 6) is -0.363. The Morgan fingerprint density at radius 3 is 2.46 bits per heavy atom. The van der Waals surface area contributed by atoms with E-state index in [1.54, 1.807) is 0 Å². The summed E-state index contributed by atoms with van der Waals surface area (Å²) in [7, 11) is 0.849.